The molecular weight excluding hydrogens is 304 g/mol. The molecular formula is C19H22N2O3. The van der Waals surface area contributed by atoms with Gasteiger partial charge in [0.05, 0.1) is 14.2 Å². The summed E-state index contributed by atoms with van der Waals surface area (Å²) < 4.78 is 10.4. The maximum absolute atomic E-state index is 12.0. The summed E-state index contributed by atoms with van der Waals surface area (Å²) in [6, 6.07) is 13.1. The number of nitrogens with zero attached hydrogens (tertiary/aromatic N) is 1. The second-order valence-corrected chi connectivity index (χ2v) is 5.38. The highest BCUT2D eigenvalue weighted by molar-refractivity contribution is 6.02. The van der Waals surface area contributed by atoms with Gasteiger partial charge in [-0.05, 0) is 48.0 Å². The summed E-state index contributed by atoms with van der Waals surface area (Å²) >= 11 is 0. The van der Waals surface area contributed by atoms with Gasteiger partial charge in [0.1, 0.15) is 0 Å². The molecule has 0 aliphatic heterocycles. The number of hydrogen-bond donors (Lipinski definition) is 1. The second kappa shape index (κ2) is 8.06. The van der Waals surface area contributed by atoms with E-state index < -0.39 is 0 Å². The molecule has 2 rings (SSSR count). The average molecular weight is 326 g/mol. The Kier molecular flexibility index (Phi) is 5.84. The van der Waals surface area contributed by atoms with Crippen molar-refractivity contribution < 1.29 is 14.3 Å². The van der Waals surface area contributed by atoms with E-state index in [0.29, 0.717) is 11.5 Å². The first-order valence-corrected chi connectivity index (χ1v) is 7.52. The summed E-state index contributed by atoms with van der Waals surface area (Å²) in [5, 5.41) is 2.83. The van der Waals surface area contributed by atoms with Crippen LogP contribution in [0.25, 0.3) is 6.08 Å². The molecule has 2 aromatic rings. The van der Waals surface area contributed by atoms with Crippen LogP contribution in [0.3, 0.4) is 0 Å². The standard InChI is InChI=1S/C19H22N2O3/c1-21(2)16-9-7-15(8-10-16)20-19(22)12-6-14-5-11-17(23-3)18(13-14)24-4/h5-13H,1-4H3,(H,20,22). The van der Waals surface area contributed by atoms with Crippen LogP contribution in [0.2, 0.25) is 0 Å². The molecule has 5 nitrogen and oxygen atoms in total. The van der Waals surface area contributed by atoms with Crippen LogP contribution in [0.1, 0.15) is 5.56 Å². The number of methoxy groups -OCH3 is 2. The number of ether oxygens (including phenoxy) is 2. The summed E-state index contributed by atoms with van der Waals surface area (Å²) in [5.41, 5.74) is 2.68. The molecule has 0 radical (unpaired) electrons. The number of carbonyl (C=O) groups excluding carboxylic acids is 1. The van der Waals surface area contributed by atoms with Gasteiger partial charge in [-0.3, -0.25) is 4.79 Å². The predicted octanol–water partition coefficient (Wildman–Crippen LogP) is 3.42. The summed E-state index contributed by atoms with van der Waals surface area (Å²) in [6.07, 6.45) is 3.21. The van der Waals surface area contributed by atoms with E-state index in [4.69, 9.17) is 9.47 Å². The molecule has 0 bridgehead atoms. The molecule has 1 N–H and O–H groups in total. The molecule has 0 heterocycles. The minimum Gasteiger partial charge on any atom is -0.493 e. The molecule has 0 aliphatic carbocycles. The summed E-state index contributed by atoms with van der Waals surface area (Å²) in [7, 11) is 7.11. The van der Waals surface area contributed by atoms with E-state index in [1.165, 1.54) is 6.08 Å². The molecule has 126 valence electrons. The van der Waals surface area contributed by atoms with Crippen LogP contribution in [0.4, 0.5) is 11.4 Å². The maximum atomic E-state index is 12.0. The first kappa shape index (κ1) is 17.4. The zero-order chi connectivity index (χ0) is 17.5. The first-order valence-electron chi connectivity index (χ1n) is 7.52. The average Bonchev–Trinajstić information content (AvgIpc) is 2.60. The van der Waals surface area contributed by atoms with Crippen molar-refractivity contribution in [3.63, 3.8) is 0 Å². The van der Waals surface area contributed by atoms with Gasteiger partial charge in [-0.2, -0.15) is 0 Å². The molecule has 0 atom stereocenters. The highest BCUT2D eigenvalue weighted by Crippen LogP contribution is 2.28. The lowest BCUT2D eigenvalue weighted by atomic mass is 10.2. The van der Waals surface area contributed by atoms with Gasteiger partial charge >= 0.3 is 0 Å². The Balaban J connectivity index is 2.02. The van der Waals surface area contributed by atoms with Crippen molar-refractivity contribution >= 4 is 23.4 Å². The molecule has 2 aromatic carbocycles. The van der Waals surface area contributed by atoms with Crippen molar-refractivity contribution in [2.24, 2.45) is 0 Å². The number of rotatable bonds is 6. The van der Waals surface area contributed by atoms with Crippen LogP contribution >= 0.6 is 0 Å². The zero-order valence-corrected chi connectivity index (χ0v) is 14.4. The van der Waals surface area contributed by atoms with Crippen molar-refractivity contribution in [1.82, 2.24) is 0 Å². The highest BCUT2D eigenvalue weighted by atomic mass is 16.5. The van der Waals surface area contributed by atoms with Gasteiger partial charge in [-0.25, -0.2) is 0 Å². The van der Waals surface area contributed by atoms with Crippen LogP contribution in [0.15, 0.2) is 48.5 Å². The second-order valence-electron chi connectivity index (χ2n) is 5.38. The van der Waals surface area contributed by atoms with E-state index in [1.807, 2.05) is 55.4 Å². The van der Waals surface area contributed by atoms with Crippen molar-refractivity contribution in [3.8, 4) is 11.5 Å². The lowest BCUT2D eigenvalue weighted by Crippen LogP contribution is -2.10. The van der Waals surface area contributed by atoms with Crippen LogP contribution in [0, 0.1) is 0 Å². The van der Waals surface area contributed by atoms with Gasteiger partial charge < -0.3 is 19.7 Å². The predicted molar refractivity (Wildman–Crippen MR) is 98.0 cm³/mol. The molecule has 0 aromatic heterocycles. The monoisotopic (exact) mass is 326 g/mol. The topological polar surface area (TPSA) is 50.8 Å². The summed E-state index contributed by atoms with van der Waals surface area (Å²) in [6.45, 7) is 0. The normalized spacial score (nSPS) is 10.5. The van der Waals surface area contributed by atoms with Gasteiger partial charge in [-0.1, -0.05) is 6.07 Å². The Morgan fingerprint density at radius 2 is 1.67 bits per heavy atom. The van der Waals surface area contributed by atoms with Crippen molar-refractivity contribution in [3.05, 3.63) is 54.1 Å². The SMILES string of the molecule is COc1ccc(C=CC(=O)Nc2ccc(N(C)C)cc2)cc1OC. The van der Waals surface area contributed by atoms with Crippen molar-refractivity contribution in [2.45, 2.75) is 0 Å². The van der Waals surface area contributed by atoms with E-state index >= 15 is 0 Å². The van der Waals surface area contributed by atoms with Crippen LogP contribution in [-0.2, 0) is 4.79 Å². The number of amides is 1. The van der Waals surface area contributed by atoms with E-state index in [-0.39, 0.29) is 5.91 Å². The van der Waals surface area contributed by atoms with Gasteiger partial charge in [0.15, 0.2) is 11.5 Å². The van der Waals surface area contributed by atoms with Gasteiger partial charge in [0.25, 0.3) is 0 Å². The molecule has 0 saturated carbocycles. The minimum absolute atomic E-state index is 0.192. The Morgan fingerprint density at radius 3 is 2.25 bits per heavy atom. The Morgan fingerprint density at radius 1 is 1.00 bits per heavy atom. The number of nitrogens with one attached hydrogen (secondary N) is 1. The summed E-state index contributed by atoms with van der Waals surface area (Å²) in [4.78, 5) is 14.0. The van der Waals surface area contributed by atoms with Crippen LogP contribution < -0.4 is 19.7 Å². The minimum atomic E-state index is -0.192. The molecule has 0 spiro atoms. The van der Waals surface area contributed by atoms with Gasteiger partial charge in [-0.15, -0.1) is 0 Å². The molecule has 1 amide bonds. The molecule has 0 unspecified atom stereocenters. The fraction of sp³-hybridized carbons (Fsp3) is 0.211. The number of anilines is 2. The molecule has 0 aliphatic rings. The lowest BCUT2D eigenvalue weighted by molar-refractivity contribution is -0.111. The van der Waals surface area contributed by atoms with E-state index in [0.717, 1.165) is 16.9 Å². The number of benzene rings is 2. The van der Waals surface area contributed by atoms with E-state index in [9.17, 15) is 4.79 Å². The zero-order valence-electron chi connectivity index (χ0n) is 14.4. The van der Waals surface area contributed by atoms with Crippen molar-refractivity contribution in [2.75, 3.05) is 38.5 Å². The smallest absolute Gasteiger partial charge is 0.248 e. The molecule has 0 saturated heterocycles. The molecule has 24 heavy (non-hydrogen) atoms. The fourth-order valence-electron chi connectivity index (χ4n) is 2.16. The maximum Gasteiger partial charge on any atom is 0.248 e. The third kappa shape index (κ3) is 4.52. The van der Waals surface area contributed by atoms with Gasteiger partial charge in [0, 0.05) is 31.5 Å². The van der Waals surface area contributed by atoms with Crippen LogP contribution in [-0.4, -0.2) is 34.2 Å². The quantitative estimate of drug-likeness (QED) is 0.827. The Hall–Kier alpha value is -2.95. The Bertz CT molecular complexity index is 722. The molecule has 5 heteroatoms. The molecule has 0 fully saturated rings. The Labute approximate surface area is 142 Å². The van der Waals surface area contributed by atoms with Crippen molar-refractivity contribution in [1.29, 1.82) is 0 Å². The highest BCUT2D eigenvalue weighted by Gasteiger charge is 2.03. The lowest BCUT2D eigenvalue weighted by Gasteiger charge is -2.12. The van der Waals surface area contributed by atoms with E-state index in [1.54, 1.807) is 26.4 Å². The first-order chi connectivity index (χ1) is 11.5. The number of hydrogen-bond acceptors (Lipinski definition) is 4. The number of carbonyl (C=O) groups is 1. The van der Waals surface area contributed by atoms with Gasteiger partial charge in [0.2, 0.25) is 5.91 Å². The third-order valence-electron chi connectivity index (χ3n) is 3.49. The summed E-state index contributed by atoms with van der Waals surface area (Å²) in [5.74, 6) is 1.09. The third-order valence-corrected chi connectivity index (χ3v) is 3.49. The van der Waals surface area contributed by atoms with Crippen LogP contribution in [0.5, 0.6) is 11.5 Å². The largest absolute Gasteiger partial charge is 0.493 e. The van der Waals surface area contributed by atoms with E-state index in [2.05, 4.69) is 5.32 Å². The fourth-order valence-corrected chi connectivity index (χ4v) is 2.16.